The molecule has 0 heterocycles. The highest BCUT2D eigenvalue weighted by Crippen LogP contribution is 2.12. The largest absolute Gasteiger partial charge is 0.344 e. The molecule has 1 atom stereocenters. The molecule has 0 saturated carbocycles. The number of nitrogens with two attached hydrogens (primary N) is 1. The van der Waals surface area contributed by atoms with E-state index < -0.39 is 0 Å². The van der Waals surface area contributed by atoms with Crippen molar-refractivity contribution in [3.8, 4) is 0 Å². The summed E-state index contributed by atoms with van der Waals surface area (Å²) >= 11 is 0. The van der Waals surface area contributed by atoms with Gasteiger partial charge in [0.15, 0.2) is 0 Å². The third kappa shape index (κ3) is 4.08. The second-order valence-electron chi connectivity index (χ2n) is 4.54. The van der Waals surface area contributed by atoms with Crippen LogP contribution in [0.2, 0.25) is 0 Å². The molecule has 0 spiro atoms. The second-order valence-corrected chi connectivity index (χ2v) is 4.54. The van der Waals surface area contributed by atoms with Crippen molar-refractivity contribution in [2.45, 2.75) is 13.0 Å². The van der Waals surface area contributed by atoms with E-state index in [2.05, 4.69) is 5.32 Å². The summed E-state index contributed by atoms with van der Waals surface area (Å²) in [5.41, 5.74) is 8.49. The first-order valence-electron chi connectivity index (χ1n) is 6.33. The number of carbonyl (C=O) groups excluding carboxylic acids is 1. The van der Waals surface area contributed by atoms with Crippen LogP contribution < -0.4 is 11.1 Å². The number of rotatable bonds is 4. The molecular weight excluding hydrogens is 272 g/mol. The Kier molecular flexibility index (Phi) is 6.22. The number of carbonyl (C=O) groups is 1. The highest BCUT2D eigenvalue weighted by Gasteiger charge is 2.13. The van der Waals surface area contributed by atoms with E-state index in [9.17, 15) is 4.79 Å². The Bertz CT molecular complexity index is 557. The first-order valence-corrected chi connectivity index (χ1v) is 6.33. The SMILES string of the molecule is Cc1cccc(C(=O)N[C@@H](CN)c2ccccc2)c1.Cl. The molecule has 0 bridgehead atoms. The van der Waals surface area contributed by atoms with Gasteiger partial charge in [0.1, 0.15) is 0 Å². The number of benzene rings is 2. The van der Waals surface area contributed by atoms with Gasteiger partial charge in [0.05, 0.1) is 6.04 Å². The van der Waals surface area contributed by atoms with Crippen molar-refractivity contribution >= 4 is 18.3 Å². The zero-order chi connectivity index (χ0) is 13.7. The van der Waals surface area contributed by atoms with Gasteiger partial charge in [-0.3, -0.25) is 4.79 Å². The van der Waals surface area contributed by atoms with E-state index in [0.717, 1.165) is 11.1 Å². The van der Waals surface area contributed by atoms with Gasteiger partial charge in [0, 0.05) is 12.1 Å². The lowest BCUT2D eigenvalue weighted by atomic mass is 10.1. The van der Waals surface area contributed by atoms with Crippen LogP contribution in [0.1, 0.15) is 27.5 Å². The minimum Gasteiger partial charge on any atom is -0.344 e. The zero-order valence-corrected chi connectivity index (χ0v) is 12.2. The molecule has 0 unspecified atom stereocenters. The lowest BCUT2D eigenvalue weighted by Crippen LogP contribution is -2.33. The van der Waals surface area contributed by atoms with Gasteiger partial charge in [-0.1, -0.05) is 48.0 Å². The van der Waals surface area contributed by atoms with E-state index in [1.165, 1.54) is 0 Å². The fourth-order valence-corrected chi connectivity index (χ4v) is 1.99. The summed E-state index contributed by atoms with van der Waals surface area (Å²) < 4.78 is 0. The van der Waals surface area contributed by atoms with Crippen LogP contribution in [0.3, 0.4) is 0 Å². The number of amides is 1. The molecule has 3 N–H and O–H groups in total. The standard InChI is InChI=1S/C16H18N2O.ClH/c1-12-6-5-9-14(10-12)16(19)18-15(11-17)13-7-3-2-4-8-13;/h2-10,15H,11,17H2,1H3,(H,18,19);1H/t15-;/m0./s1. The zero-order valence-electron chi connectivity index (χ0n) is 11.4. The van der Waals surface area contributed by atoms with Gasteiger partial charge in [-0.25, -0.2) is 0 Å². The van der Waals surface area contributed by atoms with Crippen LogP contribution >= 0.6 is 12.4 Å². The number of nitrogens with one attached hydrogen (secondary N) is 1. The monoisotopic (exact) mass is 290 g/mol. The molecule has 3 nitrogen and oxygen atoms in total. The van der Waals surface area contributed by atoms with E-state index in [1.807, 2.05) is 55.5 Å². The molecule has 0 radical (unpaired) electrons. The van der Waals surface area contributed by atoms with E-state index >= 15 is 0 Å². The fourth-order valence-electron chi connectivity index (χ4n) is 1.99. The van der Waals surface area contributed by atoms with E-state index in [-0.39, 0.29) is 24.4 Å². The number of hydrogen-bond donors (Lipinski definition) is 2. The van der Waals surface area contributed by atoms with Crippen molar-refractivity contribution in [1.29, 1.82) is 0 Å². The van der Waals surface area contributed by atoms with Gasteiger partial charge in [-0.2, -0.15) is 0 Å². The minimum atomic E-state index is -0.158. The molecular formula is C16H19ClN2O. The molecule has 20 heavy (non-hydrogen) atoms. The normalized spacial score (nSPS) is 11.3. The van der Waals surface area contributed by atoms with Gasteiger partial charge in [0.2, 0.25) is 0 Å². The predicted octanol–water partition coefficient (Wildman–Crippen LogP) is 2.85. The van der Waals surface area contributed by atoms with Crippen molar-refractivity contribution in [2.75, 3.05) is 6.54 Å². The average Bonchev–Trinajstić information content (AvgIpc) is 2.45. The Balaban J connectivity index is 0.00000200. The average molecular weight is 291 g/mol. The number of hydrogen-bond acceptors (Lipinski definition) is 2. The molecule has 0 aliphatic carbocycles. The van der Waals surface area contributed by atoms with Crippen LogP contribution in [-0.4, -0.2) is 12.5 Å². The summed E-state index contributed by atoms with van der Waals surface area (Å²) in [6.45, 7) is 2.34. The molecule has 2 aromatic carbocycles. The first kappa shape index (κ1) is 16.2. The lowest BCUT2D eigenvalue weighted by Gasteiger charge is -2.17. The van der Waals surface area contributed by atoms with Gasteiger partial charge >= 0.3 is 0 Å². The molecule has 2 rings (SSSR count). The van der Waals surface area contributed by atoms with Gasteiger partial charge < -0.3 is 11.1 Å². The van der Waals surface area contributed by atoms with Crippen LogP contribution in [0, 0.1) is 6.92 Å². The van der Waals surface area contributed by atoms with E-state index in [1.54, 1.807) is 6.07 Å². The Hall–Kier alpha value is -1.84. The van der Waals surface area contributed by atoms with E-state index in [4.69, 9.17) is 5.73 Å². The van der Waals surface area contributed by atoms with Crippen LogP contribution in [-0.2, 0) is 0 Å². The van der Waals surface area contributed by atoms with Crippen molar-refractivity contribution in [3.05, 3.63) is 71.3 Å². The summed E-state index contributed by atoms with van der Waals surface area (Å²) in [6.07, 6.45) is 0. The fraction of sp³-hybridized carbons (Fsp3) is 0.188. The van der Waals surface area contributed by atoms with Crippen LogP contribution in [0.25, 0.3) is 0 Å². The Morgan fingerprint density at radius 1 is 1.15 bits per heavy atom. The smallest absolute Gasteiger partial charge is 0.251 e. The summed E-state index contributed by atoms with van der Waals surface area (Å²) in [5.74, 6) is -0.0944. The lowest BCUT2D eigenvalue weighted by molar-refractivity contribution is 0.0937. The molecule has 1 amide bonds. The summed E-state index contributed by atoms with van der Waals surface area (Å²) in [5, 5.41) is 2.96. The minimum absolute atomic E-state index is 0. The molecule has 4 heteroatoms. The van der Waals surface area contributed by atoms with Crippen molar-refractivity contribution < 1.29 is 4.79 Å². The highest BCUT2D eigenvalue weighted by molar-refractivity contribution is 5.94. The van der Waals surface area contributed by atoms with E-state index in [0.29, 0.717) is 12.1 Å². The molecule has 0 saturated heterocycles. The topological polar surface area (TPSA) is 55.1 Å². The third-order valence-electron chi connectivity index (χ3n) is 3.02. The highest BCUT2D eigenvalue weighted by atomic mass is 35.5. The quantitative estimate of drug-likeness (QED) is 0.910. The molecule has 106 valence electrons. The van der Waals surface area contributed by atoms with Crippen molar-refractivity contribution in [3.63, 3.8) is 0 Å². The molecule has 0 aliphatic rings. The van der Waals surface area contributed by atoms with Crippen LogP contribution in [0.4, 0.5) is 0 Å². The summed E-state index contributed by atoms with van der Waals surface area (Å²) in [6, 6.07) is 17.1. The maximum atomic E-state index is 12.2. The Morgan fingerprint density at radius 3 is 2.45 bits per heavy atom. The molecule has 2 aromatic rings. The maximum Gasteiger partial charge on any atom is 0.251 e. The Morgan fingerprint density at radius 2 is 1.85 bits per heavy atom. The predicted molar refractivity (Wildman–Crippen MR) is 84.1 cm³/mol. The molecule has 0 fully saturated rings. The summed E-state index contributed by atoms with van der Waals surface area (Å²) in [4.78, 5) is 12.2. The maximum absolute atomic E-state index is 12.2. The third-order valence-corrected chi connectivity index (χ3v) is 3.02. The molecule has 0 aromatic heterocycles. The first-order chi connectivity index (χ1) is 9.20. The van der Waals surface area contributed by atoms with Crippen LogP contribution in [0.5, 0.6) is 0 Å². The Labute approximate surface area is 125 Å². The van der Waals surface area contributed by atoms with Crippen molar-refractivity contribution in [2.24, 2.45) is 5.73 Å². The number of aryl methyl sites for hydroxylation is 1. The second kappa shape index (κ2) is 7.68. The van der Waals surface area contributed by atoms with Crippen molar-refractivity contribution in [1.82, 2.24) is 5.32 Å². The number of halogens is 1. The van der Waals surface area contributed by atoms with Gasteiger partial charge in [0.25, 0.3) is 5.91 Å². The molecule has 0 aliphatic heterocycles. The van der Waals surface area contributed by atoms with Crippen LogP contribution in [0.15, 0.2) is 54.6 Å². The van der Waals surface area contributed by atoms with Gasteiger partial charge in [-0.05, 0) is 24.6 Å². The summed E-state index contributed by atoms with van der Waals surface area (Å²) in [7, 11) is 0. The van der Waals surface area contributed by atoms with Gasteiger partial charge in [-0.15, -0.1) is 12.4 Å².